The Morgan fingerprint density at radius 3 is 2.43 bits per heavy atom. The predicted molar refractivity (Wildman–Crippen MR) is 63.1 cm³/mol. The van der Waals surface area contributed by atoms with Crippen molar-refractivity contribution in [3.63, 3.8) is 0 Å². The minimum atomic E-state index is 0.669. The SMILES string of the molecule is CCCCC1=CC(C)C(C)C=C1NC. The topological polar surface area (TPSA) is 12.0 Å². The van der Waals surface area contributed by atoms with Crippen LogP contribution in [-0.4, -0.2) is 7.05 Å². The lowest BCUT2D eigenvalue weighted by molar-refractivity contribution is 0.533. The van der Waals surface area contributed by atoms with Gasteiger partial charge in [0.25, 0.3) is 0 Å². The van der Waals surface area contributed by atoms with Crippen LogP contribution in [0.4, 0.5) is 0 Å². The van der Waals surface area contributed by atoms with Crippen molar-refractivity contribution in [2.75, 3.05) is 7.05 Å². The molecule has 0 radical (unpaired) electrons. The van der Waals surface area contributed by atoms with E-state index in [4.69, 9.17) is 0 Å². The van der Waals surface area contributed by atoms with Crippen LogP contribution in [0.25, 0.3) is 0 Å². The van der Waals surface area contributed by atoms with Gasteiger partial charge in [-0.3, -0.25) is 0 Å². The van der Waals surface area contributed by atoms with Crippen molar-refractivity contribution in [2.24, 2.45) is 11.8 Å². The Hall–Kier alpha value is -0.720. The van der Waals surface area contributed by atoms with Crippen LogP contribution < -0.4 is 5.32 Å². The predicted octanol–water partition coefficient (Wildman–Crippen LogP) is 3.49. The molecule has 0 saturated carbocycles. The second-order valence-corrected chi connectivity index (χ2v) is 4.34. The summed E-state index contributed by atoms with van der Waals surface area (Å²) in [6.45, 7) is 6.84. The van der Waals surface area contributed by atoms with E-state index in [0.29, 0.717) is 11.8 Å². The summed E-state index contributed by atoms with van der Waals surface area (Å²) < 4.78 is 0. The summed E-state index contributed by atoms with van der Waals surface area (Å²) in [7, 11) is 2.02. The summed E-state index contributed by atoms with van der Waals surface area (Å²) >= 11 is 0. The standard InChI is InChI=1S/C13H23N/c1-5-6-7-12-8-10(2)11(3)9-13(12)14-4/h8-11,14H,5-7H2,1-4H3. The van der Waals surface area contributed by atoms with Gasteiger partial charge in [0.2, 0.25) is 0 Å². The lowest BCUT2D eigenvalue weighted by atomic mass is 9.85. The van der Waals surface area contributed by atoms with Crippen molar-refractivity contribution < 1.29 is 0 Å². The third-order valence-corrected chi connectivity index (χ3v) is 3.14. The van der Waals surface area contributed by atoms with Crippen LogP contribution in [0.15, 0.2) is 23.4 Å². The summed E-state index contributed by atoms with van der Waals surface area (Å²) in [5, 5.41) is 3.31. The van der Waals surface area contributed by atoms with E-state index in [1.54, 1.807) is 0 Å². The smallest absolute Gasteiger partial charge is 0.0329 e. The molecule has 1 aliphatic rings. The van der Waals surface area contributed by atoms with Gasteiger partial charge in [-0.15, -0.1) is 0 Å². The second kappa shape index (κ2) is 5.23. The van der Waals surface area contributed by atoms with E-state index in [1.165, 1.54) is 30.5 Å². The highest BCUT2D eigenvalue weighted by Gasteiger charge is 2.16. The summed E-state index contributed by atoms with van der Waals surface area (Å²) in [6.07, 6.45) is 8.60. The average molecular weight is 193 g/mol. The van der Waals surface area contributed by atoms with E-state index in [9.17, 15) is 0 Å². The minimum Gasteiger partial charge on any atom is -0.388 e. The van der Waals surface area contributed by atoms with Gasteiger partial charge in [-0.2, -0.15) is 0 Å². The molecule has 0 fully saturated rings. The molecule has 1 nitrogen and oxygen atoms in total. The molecule has 0 aromatic rings. The molecular weight excluding hydrogens is 170 g/mol. The zero-order valence-corrected chi connectivity index (χ0v) is 9.93. The Morgan fingerprint density at radius 1 is 1.21 bits per heavy atom. The lowest BCUT2D eigenvalue weighted by Crippen LogP contribution is -2.18. The zero-order valence-electron chi connectivity index (χ0n) is 9.93. The van der Waals surface area contributed by atoms with Crippen LogP contribution in [0, 0.1) is 11.8 Å². The Bertz CT molecular complexity index is 238. The van der Waals surface area contributed by atoms with Crippen LogP contribution >= 0.6 is 0 Å². The molecule has 0 aliphatic heterocycles. The summed E-state index contributed by atoms with van der Waals surface area (Å²) in [6, 6.07) is 0. The molecule has 14 heavy (non-hydrogen) atoms. The highest BCUT2D eigenvalue weighted by Crippen LogP contribution is 2.28. The van der Waals surface area contributed by atoms with Gasteiger partial charge in [0.1, 0.15) is 0 Å². The Morgan fingerprint density at radius 2 is 1.86 bits per heavy atom. The first-order valence-corrected chi connectivity index (χ1v) is 5.79. The molecule has 0 spiro atoms. The van der Waals surface area contributed by atoms with E-state index in [-0.39, 0.29) is 0 Å². The van der Waals surface area contributed by atoms with Gasteiger partial charge in [-0.05, 0) is 30.3 Å². The molecule has 1 heteroatoms. The second-order valence-electron chi connectivity index (χ2n) is 4.34. The fraction of sp³-hybridized carbons (Fsp3) is 0.692. The van der Waals surface area contributed by atoms with E-state index < -0.39 is 0 Å². The monoisotopic (exact) mass is 193 g/mol. The van der Waals surface area contributed by atoms with Crippen molar-refractivity contribution in [1.82, 2.24) is 5.32 Å². The largest absolute Gasteiger partial charge is 0.388 e. The van der Waals surface area contributed by atoms with Crippen molar-refractivity contribution in [2.45, 2.75) is 40.0 Å². The number of likely N-dealkylation sites (N-methyl/N-ethyl adjacent to an activating group) is 1. The maximum atomic E-state index is 3.31. The molecule has 2 atom stereocenters. The average Bonchev–Trinajstić information content (AvgIpc) is 2.19. The normalized spacial score (nSPS) is 26.9. The third-order valence-electron chi connectivity index (χ3n) is 3.14. The minimum absolute atomic E-state index is 0.669. The highest BCUT2D eigenvalue weighted by molar-refractivity contribution is 5.33. The maximum absolute atomic E-state index is 3.31. The van der Waals surface area contributed by atoms with E-state index >= 15 is 0 Å². The van der Waals surface area contributed by atoms with Gasteiger partial charge in [0.15, 0.2) is 0 Å². The first-order chi connectivity index (χ1) is 6.69. The number of hydrogen-bond donors (Lipinski definition) is 1. The van der Waals surface area contributed by atoms with Gasteiger partial charge in [0, 0.05) is 12.7 Å². The van der Waals surface area contributed by atoms with Crippen LogP contribution in [-0.2, 0) is 0 Å². The Kier molecular flexibility index (Phi) is 4.24. The molecule has 0 aromatic carbocycles. The third kappa shape index (κ3) is 2.63. The number of allylic oxidation sites excluding steroid dienone is 3. The van der Waals surface area contributed by atoms with E-state index in [1.807, 2.05) is 7.05 Å². The summed E-state index contributed by atoms with van der Waals surface area (Å²) in [4.78, 5) is 0. The van der Waals surface area contributed by atoms with Crippen LogP contribution in [0.2, 0.25) is 0 Å². The fourth-order valence-corrected chi connectivity index (χ4v) is 1.91. The van der Waals surface area contributed by atoms with Crippen LogP contribution in [0.5, 0.6) is 0 Å². The fourth-order valence-electron chi connectivity index (χ4n) is 1.91. The van der Waals surface area contributed by atoms with Crippen LogP contribution in [0.1, 0.15) is 40.0 Å². The van der Waals surface area contributed by atoms with Crippen molar-refractivity contribution in [3.05, 3.63) is 23.4 Å². The van der Waals surface area contributed by atoms with Gasteiger partial charge in [0.05, 0.1) is 0 Å². The van der Waals surface area contributed by atoms with Crippen molar-refractivity contribution in [1.29, 1.82) is 0 Å². The van der Waals surface area contributed by atoms with Gasteiger partial charge < -0.3 is 5.32 Å². The maximum Gasteiger partial charge on any atom is 0.0329 e. The molecule has 1 rings (SSSR count). The number of unbranched alkanes of at least 4 members (excludes halogenated alkanes) is 1. The molecule has 2 unspecified atom stereocenters. The highest BCUT2D eigenvalue weighted by atomic mass is 14.8. The molecule has 1 N–H and O–H groups in total. The molecule has 0 amide bonds. The summed E-state index contributed by atoms with van der Waals surface area (Å²) in [5.41, 5.74) is 2.86. The van der Waals surface area contributed by atoms with E-state index in [0.717, 1.165) is 0 Å². The molecule has 80 valence electrons. The molecule has 0 saturated heterocycles. The lowest BCUT2D eigenvalue weighted by Gasteiger charge is -2.24. The van der Waals surface area contributed by atoms with E-state index in [2.05, 4.69) is 38.2 Å². The first kappa shape index (κ1) is 11.4. The quantitative estimate of drug-likeness (QED) is 0.720. The zero-order chi connectivity index (χ0) is 10.6. The van der Waals surface area contributed by atoms with Gasteiger partial charge in [-0.1, -0.05) is 39.3 Å². The summed E-state index contributed by atoms with van der Waals surface area (Å²) in [5.74, 6) is 1.36. The van der Waals surface area contributed by atoms with Gasteiger partial charge >= 0.3 is 0 Å². The molecule has 0 heterocycles. The molecule has 0 aromatic heterocycles. The number of rotatable bonds is 4. The van der Waals surface area contributed by atoms with Gasteiger partial charge in [-0.25, -0.2) is 0 Å². The molecule has 1 aliphatic carbocycles. The first-order valence-electron chi connectivity index (χ1n) is 5.79. The van der Waals surface area contributed by atoms with Crippen molar-refractivity contribution in [3.8, 4) is 0 Å². The van der Waals surface area contributed by atoms with Crippen LogP contribution in [0.3, 0.4) is 0 Å². The molecule has 0 bridgehead atoms. The number of nitrogens with one attached hydrogen (secondary N) is 1. The Balaban J connectivity index is 2.70. The Labute approximate surface area is 88.3 Å². The number of hydrogen-bond acceptors (Lipinski definition) is 1. The molecular formula is C13H23N. The van der Waals surface area contributed by atoms with Crippen molar-refractivity contribution >= 4 is 0 Å².